The third kappa shape index (κ3) is 3.79. The third-order valence-electron chi connectivity index (χ3n) is 3.80. The van der Waals surface area contributed by atoms with Gasteiger partial charge in [-0.25, -0.2) is 0 Å². The minimum Gasteiger partial charge on any atom is -0.497 e. The summed E-state index contributed by atoms with van der Waals surface area (Å²) in [4.78, 5) is 12.2. The van der Waals surface area contributed by atoms with Crippen LogP contribution >= 0.6 is 0 Å². The van der Waals surface area contributed by atoms with Gasteiger partial charge in [0, 0.05) is 17.7 Å². The molecule has 5 heteroatoms. The van der Waals surface area contributed by atoms with Gasteiger partial charge in [0.1, 0.15) is 23.1 Å². The van der Waals surface area contributed by atoms with Crippen LogP contribution in [0.25, 0.3) is 6.08 Å². The number of nitrogens with zero attached hydrogens (tertiary/aromatic N) is 1. The molecular weight excluding hydrogens is 280 g/mol. The van der Waals surface area contributed by atoms with Crippen LogP contribution in [0.1, 0.15) is 31.2 Å². The van der Waals surface area contributed by atoms with E-state index in [0.717, 1.165) is 25.7 Å². The van der Waals surface area contributed by atoms with Crippen molar-refractivity contribution in [1.82, 2.24) is 5.32 Å². The van der Waals surface area contributed by atoms with Gasteiger partial charge in [-0.2, -0.15) is 5.26 Å². The molecule has 0 atom stereocenters. The van der Waals surface area contributed by atoms with Crippen LogP contribution in [0.2, 0.25) is 0 Å². The Bertz CT molecular complexity index is 611. The maximum atomic E-state index is 12.2. The molecule has 1 aromatic rings. The van der Waals surface area contributed by atoms with Gasteiger partial charge < -0.3 is 14.8 Å². The average molecular weight is 300 g/mol. The molecule has 1 fully saturated rings. The van der Waals surface area contributed by atoms with Crippen LogP contribution in [0.5, 0.6) is 11.5 Å². The van der Waals surface area contributed by atoms with Crippen molar-refractivity contribution in [3.63, 3.8) is 0 Å². The topological polar surface area (TPSA) is 71.3 Å². The Labute approximate surface area is 130 Å². The number of nitrogens with one attached hydrogen (secondary N) is 1. The number of carbonyl (C=O) groups excluding carboxylic acids is 1. The summed E-state index contributed by atoms with van der Waals surface area (Å²) in [6.45, 7) is 0. The summed E-state index contributed by atoms with van der Waals surface area (Å²) in [6.07, 6.45) is 5.76. The Morgan fingerprint density at radius 2 is 2.05 bits per heavy atom. The molecule has 1 saturated carbocycles. The first-order valence-electron chi connectivity index (χ1n) is 7.32. The zero-order valence-corrected chi connectivity index (χ0v) is 12.9. The number of nitriles is 1. The van der Waals surface area contributed by atoms with Gasteiger partial charge in [0.05, 0.1) is 14.2 Å². The van der Waals surface area contributed by atoms with Gasteiger partial charge in [0.2, 0.25) is 0 Å². The maximum absolute atomic E-state index is 12.2. The van der Waals surface area contributed by atoms with Crippen LogP contribution in [0, 0.1) is 11.3 Å². The molecule has 0 bridgehead atoms. The molecule has 2 rings (SSSR count). The SMILES string of the molecule is COc1ccc(/C=C(/C#N)C(=O)NC2CCCC2)c(OC)c1. The van der Waals surface area contributed by atoms with Crippen molar-refractivity contribution < 1.29 is 14.3 Å². The number of hydrogen-bond donors (Lipinski definition) is 1. The standard InChI is InChI=1S/C17H20N2O3/c1-21-15-8-7-12(16(10-15)22-2)9-13(11-18)17(20)19-14-5-3-4-6-14/h7-10,14H,3-6H2,1-2H3,(H,19,20)/b13-9-. The average Bonchev–Trinajstić information content (AvgIpc) is 3.05. The molecule has 0 spiro atoms. The Hall–Kier alpha value is -2.48. The van der Waals surface area contributed by atoms with E-state index in [0.29, 0.717) is 17.1 Å². The van der Waals surface area contributed by atoms with Crippen molar-refractivity contribution in [1.29, 1.82) is 5.26 Å². The second-order valence-electron chi connectivity index (χ2n) is 5.23. The van der Waals surface area contributed by atoms with E-state index in [1.54, 1.807) is 31.4 Å². The van der Waals surface area contributed by atoms with Gasteiger partial charge in [-0.1, -0.05) is 12.8 Å². The van der Waals surface area contributed by atoms with E-state index in [-0.39, 0.29) is 17.5 Å². The molecule has 0 heterocycles. The second-order valence-corrected chi connectivity index (χ2v) is 5.23. The number of amides is 1. The number of methoxy groups -OCH3 is 2. The fraction of sp³-hybridized carbons (Fsp3) is 0.412. The lowest BCUT2D eigenvalue weighted by Crippen LogP contribution is -2.33. The number of ether oxygens (including phenoxy) is 2. The fourth-order valence-electron chi connectivity index (χ4n) is 2.58. The predicted octanol–water partition coefficient (Wildman–Crippen LogP) is 2.67. The van der Waals surface area contributed by atoms with Crippen molar-refractivity contribution in [3.05, 3.63) is 29.3 Å². The summed E-state index contributed by atoms with van der Waals surface area (Å²) < 4.78 is 10.4. The summed E-state index contributed by atoms with van der Waals surface area (Å²) in [5, 5.41) is 12.2. The molecule has 116 valence electrons. The van der Waals surface area contributed by atoms with E-state index in [9.17, 15) is 10.1 Å². The molecule has 5 nitrogen and oxygen atoms in total. The predicted molar refractivity (Wildman–Crippen MR) is 83.5 cm³/mol. The van der Waals surface area contributed by atoms with Gasteiger partial charge in [-0.05, 0) is 31.1 Å². The molecule has 0 aromatic heterocycles. The molecule has 1 aliphatic rings. The van der Waals surface area contributed by atoms with Crippen LogP contribution in [0.4, 0.5) is 0 Å². The van der Waals surface area contributed by atoms with Crippen LogP contribution in [-0.2, 0) is 4.79 Å². The zero-order chi connectivity index (χ0) is 15.9. The van der Waals surface area contributed by atoms with Crippen molar-refractivity contribution in [2.45, 2.75) is 31.7 Å². The first-order valence-corrected chi connectivity index (χ1v) is 7.32. The lowest BCUT2D eigenvalue weighted by molar-refractivity contribution is -0.117. The lowest BCUT2D eigenvalue weighted by Gasteiger charge is -2.11. The fourth-order valence-corrected chi connectivity index (χ4v) is 2.58. The summed E-state index contributed by atoms with van der Waals surface area (Å²) >= 11 is 0. The molecule has 0 unspecified atom stereocenters. The van der Waals surface area contributed by atoms with Crippen molar-refractivity contribution >= 4 is 12.0 Å². The minimum absolute atomic E-state index is 0.0790. The first-order chi connectivity index (χ1) is 10.7. The minimum atomic E-state index is -0.327. The highest BCUT2D eigenvalue weighted by Crippen LogP contribution is 2.26. The molecule has 0 aliphatic heterocycles. The number of carbonyl (C=O) groups is 1. The molecule has 0 saturated heterocycles. The molecule has 1 N–H and O–H groups in total. The van der Waals surface area contributed by atoms with Crippen LogP contribution in [0.15, 0.2) is 23.8 Å². The third-order valence-corrected chi connectivity index (χ3v) is 3.80. The van der Waals surface area contributed by atoms with Gasteiger partial charge in [0.25, 0.3) is 5.91 Å². The van der Waals surface area contributed by atoms with E-state index < -0.39 is 0 Å². The zero-order valence-electron chi connectivity index (χ0n) is 12.9. The van der Waals surface area contributed by atoms with Crippen molar-refractivity contribution in [3.8, 4) is 17.6 Å². The summed E-state index contributed by atoms with van der Waals surface area (Å²) in [5.74, 6) is 0.885. The second kappa shape index (κ2) is 7.51. The number of hydrogen-bond acceptors (Lipinski definition) is 4. The molecule has 1 aliphatic carbocycles. The summed E-state index contributed by atoms with van der Waals surface area (Å²) in [7, 11) is 3.11. The molecular formula is C17H20N2O3. The van der Waals surface area contributed by atoms with Crippen LogP contribution in [-0.4, -0.2) is 26.2 Å². The summed E-state index contributed by atoms with van der Waals surface area (Å²) in [6, 6.07) is 7.39. The number of rotatable bonds is 5. The van der Waals surface area contributed by atoms with E-state index >= 15 is 0 Å². The van der Waals surface area contributed by atoms with Crippen molar-refractivity contribution in [2.24, 2.45) is 0 Å². The highest BCUT2D eigenvalue weighted by molar-refractivity contribution is 6.02. The van der Waals surface area contributed by atoms with E-state index in [2.05, 4.69) is 5.32 Å². The monoisotopic (exact) mass is 300 g/mol. The van der Waals surface area contributed by atoms with Crippen molar-refractivity contribution in [2.75, 3.05) is 14.2 Å². The van der Waals surface area contributed by atoms with E-state index in [1.165, 1.54) is 7.11 Å². The summed E-state index contributed by atoms with van der Waals surface area (Å²) in [5.41, 5.74) is 0.747. The Balaban J connectivity index is 2.20. The number of benzene rings is 1. The van der Waals surface area contributed by atoms with Gasteiger partial charge >= 0.3 is 0 Å². The molecule has 1 amide bonds. The molecule has 22 heavy (non-hydrogen) atoms. The Morgan fingerprint density at radius 1 is 1.32 bits per heavy atom. The molecule has 0 radical (unpaired) electrons. The quantitative estimate of drug-likeness (QED) is 0.670. The van der Waals surface area contributed by atoms with E-state index in [4.69, 9.17) is 9.47 Å². The highest BCUT2D eigenvalue weighted by atomic mass is 16.5. The first kappa shape index (κ1) is 15.9. The Morgan fingerprint density at radius 3 is 2.64 bits per heavy atom. The van der Waals surface area contributed by atoms with Crippen LogP contribution < -0.4 is 14.8 Å². The van der Waals surface area contributed by atoms with Crippen LogP contribution in [0.3, 0.4) is 0 Å². The van der Waals surface area contributed by atoms with E-state index in [1.807, 2.05) is 6.07 Å². The Kier molecular flexibility index (Phi) is 5.42. The normalized spacial score (nSPS) is 15.2. The lowest BCUT2D eigenvalue weighted by atomic mass is 10.1. The largest absolute Gasteiger partial charge is 0.497 e. The highest BCUT2D eigenvalue weighted by Gasteiger charge is 2.19. The van der Waals surface area contributed by atoms with Gasteiger partial charge in [-0.15, -0.1) is 0 Å². The van der Waals surface area contributed by atoms with Gasteiger partial charge in [-0.3, -0.25) is 4.79 Å². The smallest absolute Gasteiger partial charge is 0.262 e. The molecule has 1 aromatic carbocycles. The van der Waals surface area contributed by atoms with Gasteiger partial charge in [0.15, 0.2) is 0 Å². The maximum Gasteiger partial charge on any atom is 0.262 e.